The summed E-state index contributed by atoms with van der Waals surface area (Å²) in [6.45, 7) is 3.43. The lowest BCUT2D eigenvalue weighted by Gasteiger charge is -2.04. The van der Waals surface area contributed by atoms with Gasteiger partial charge < -0.3 is 9.47 Å². The lowest BCUT2D eigenvalue weighted by Crippen LogP contribution is -2.13. The molecule has 5 nitrogen and oxygen atoms in total. The molecule has 2 aromatic carbocycles. The number of carbonyl (C=O) groups is 2. The molecule has 0 atom stereocenters. The van der Waals surface area contributed by atoms with Crippen molar-refractivity contribution in [1.82, 2.24) is 0 Å². The first-order valence-electron chi connectivity index (χ1n) is 7.41. The second-order valence-corrected chi connectivity index (χ2v) is 4.79. The van der Waals surface area contributed by atoms with Crippen LogP contribution >= 0.6 is 0 Å². The zero-order valence-electron chi connectivity index (χ0n) is 13.5. The Morgan fingerprint density at radius 3 is 2.00 bits per heavy atom. The number of hydrogen-bond acceptors (Lipinski definition) is 4. The molecule has 0 aliphatic heterocycles. The van der Waals surface area contributed by atoms with Gasteiger partial charge in [-0.1, -0.05) is 11.8 Å². The normalized spacial score (nSPS) is 9.42. The highest BCUT2D eigenvalue weighted by Crippen LogP contribution is 2.12. The van der Waals surface area contributed by atoms with Gasteiger partial charge in [0.2, 0.25) is 0 Å². The van der Waals surface area contributed by atoms with Crippen LogP contribution in [0.2, 0.25) is 0 Å². The number of benzene rings is 2. The van der Waals surface area contributed by atoms with Crippen molar-refractivity contribution in [1.29, 1.82) is 0 Å². The summed E-state index contributed by atoms with van der Waals surface area (Å²) in [5.74, 6) is 6.18. The van der Waals surface area contributed by atoms with Gasteiger partial charge in [-0.2, -0.15) is 0 Å². The van der Waals surface area contributed by atoms with Gasteiger partial charge in [0, 0.05) is 23.7 Å². The predicted octanol–water partition coefficient (Wildman–Crippen LogP) is 3.58. The van der Waals surface area contributed by atoms with Crippen molar-refractivity contribution in [2.75, 3.05) is 11.9 Å². The second kappa shape index (κ2) is 8.39. The molecular formula is C19H17NO4. The molecule has 0 unspecified atom stereocenters. The maximum absolute atomic E-state index is 11.3. The molecule has 0 radical (unpaired) electrons. The third-order valence-electron chi connectivity index (χ3n) is 2.87. The van der Waals surface area contributed by atoms with Gasteiger partial charge in [-0.3, -0.25) is 10.1 Å². The molecule has 0 aliphatic rings. The minimum atomic E-state index is -0.482. The van der Waals surface area contributed by atoms with Crippen LogP contribution in [0.1, 0.15) is 25.0 Å². The molecule has 0 bridgehead atoms. The fourth-order valence-corrected chi connectivity index (χ4v) is 1.84. The molecule has 1 N–H and O–H groups in total. The highest BCUT2D eigenvalue weighted by molar-refractivity contribution is 5.84. The standard InChI is InChI=1S/C19H17NO4/c1-3-23-19(22)20-17-10-6-15(7-11-17)4-5-16-8-12-18(13-9-16)24-14(2)21/h6-13H,3H2,1-2H3,(H,20,22). The lowest BCUT2D eigenvalue weighted by molar-refractivity contribution is -0.131. The Kier molecular flexibility index (Phi) is 5.98. The van der Waals surface area contributed by atoms with Crippen LogP contribution in [0.5, 0.6) is 5.75 Å². The highest BCUT2D eigenvalue weighted by atomic mass is 16.5. The minimum Gasteiger partial charge on any atom is -0.450 e. The number of nitrogens with one attached hydrogen (secondary N) is 1. The minimum absolute atomic E-state index is 0.325. The smallest absolute Gasteiger partial charge is 0.411 e. The third-order valence-corrected chi connectivity index (χ3v) is 2.87. The van der Waals surface area contributed by atoms with Gasteiger partial charge in [0.15, 0.2) is 0 Å². The molecule has 0 aliphatic carbocycles. The highest BCUT2D eigenvalue weighted by Gasteiger charge is 2.01. The number of esters is 1. The van der Waals surface area contributed by atoms with E-state index in [1.54, 1.807) is 43.3 Å². The first-order chi connectivity index (χ1) is 11.6. The average molecular weight is 323 g/mol. The molecule has 122 valence electrons. The van der Waals surface area contributed by atoms with Crippen LogP contribution in [0, 0.1) is 11.8 Å². The SMILES string of the molecule is CCOC(=O)Nc1ccc(C#Cc2ccc(OC(C)=O)cc2)cc1. The van der Waals surface area contributed by atoms with Gasteiger partial charge in [-0.25, -0.2) is 4.79 Å². The van der Waals surface area contributed by atoms with E-state index in [4.69, 9.17) is 9.47 Å². The molecule has 0 heterocycles. The largest absolute Gasteiger partial charge is 0.450 e. The Morgan fingerprint density at radius 1 is 0.958 bits per heavy atom. The van der Waals surface area contributed by atoms with Crippen LogP contribution in [-0.4, -0.2) is 18.7 Å². The summed E-state index contributed by atoms with van der Waals surface area (Å²) >= 11 is 0. The van der Waals surface area contributed by atoms with Crippen LogP contribution < -0.4 is 10.1 Å². The van der Waals surface area contributed by atoms with E-state index < -0.39 is 6.09 Å². The fraction of sp³-hybridized carbons (Fsp3) is 0.158. The summed E-state index contributed by atoms with van der Waals surface area (Å²) in [5, 5.41) is 2.61. The summed E-state index contributed by atoms with van der Waals surface area (Å²) in [6.07, 6.45) is -0.482. The van der Waals surface area contributed by atoms with E-state index in [1.165, 1.54) is 6.92 Å². The molecule has 2 rings (SSSR count). The summed E-state index contributed by atoms with van der Waals surface area (Å²) in [4.78, 5) is 22.2. The zero-order chi connectivity index (χ0) is 17.4. The quantitative estimate of drug-likeness (QED) is 0.533. The Labute approximate surface area is 140 Å². The maximum Gasteiger partial charge on any atom is 0.411 e. The number of amides is 1. The van der Waals surface area contributed by atoms with Gasteiger partial charge in [0.05, 0.1) is 6.61 Å². The second-order valence-electron chi connectivity index (χ2n) is 4.79. The van der Waals surface area contributed by atoms with Crippen LogP contribution in [0.15, 0.2) is 48.5 Å². The summed E-state index contributed by atoms with van der Waals surface area (Å²) in [6, 6.07) is 14.1. The third kappa shape index (κ3) is 5.50. The summed E-state index contributed by atoms with van der Waals surface area (Å²) < 4.78 is 9.77. The van der Waals surface area contributed by atoms with Crippen LogP contribution in [-0.2, 0) is 9.53 Å². The van der Waals surface area contributed by atoms with Crippen molar-refractivity contribution in [3.8, 4) is 17.6 Å². The summed E-state index contributed by atoms with van der Waals surface area (Å²) in [7, 11) is 0. The van der Waals surface area contributed by atoms with Crippen molar-refractivity contribution < 1.29 is 19.1 Å². The van der Waals surface area contributed by atoms with Crippen LogP contribution in [0.4, 0.5) is 10.5 Å². The molecule has 0 saturated heterocycles. The van der Waals surface area contributed by atoms with E-state index in [0.29, 0.717) is 18.0 Å². The van der Waals surface area contributed by atoms with Crippen molar-refractivity contribution in [3.63, 3.8) is 0 Å². The van der Waals surface area contributed by atoms with Gasteiger partial charge in [0.25, 0.3) is 0 Å². The molecule has 24 heavy (non-hydrogen) atoms. The van der Waals surface area contributed by atoms with E-state index in [9.17, 15) is 9.59 Å². The van der Waals surface area contributed by atoms with Crippen molar-refractivity contribution >= 4 is 17.7 Å². The number of anilines is 1. The monoisotopic (exact) mass is 323 g/mol. The number of ether oxygens (including phenoxy) is 2. The van der Waals surface area contributed by atoms with Gasteiger partial charge in [-0.15, -0.1) is 0 Å². The molecule has 2 aromatic rings. The number of hydrogen-bond donors (Lipinski definition) is 1. The molecule has 0 fully saturated rings. The van der Waals surface area contributed by atoms with E-state index in [-0.39, 0.29) is 5.97 Å². The van der Waals surface area contributed by atoms with Crippen molar-refractivity contribution in [2.45, 2.75) is 13.8 Å². The van der Waals surface area contributed by atoms with Gasteiger partial charge in [0.1, 0.15) is 5.75 Å². The molecule has 1 amide bonds. The first-order valence-corrected chi connectivity index (χ1v) is 7.41. The molecule has 0 spiro atoms. The van der Waals surface area contributed by atoms with Crippen LogP contribution in [0.25, 0.3) is 0 Å². The number of carbonyl (C=O) groups excluding carboxylic acids is 2. The molecule has 0 saturated carbocycles. The molecular weight excluding hydrogens is 306 g/mol. The van der Waals surface area contributed by atoms with E-state index >= 15 is 0 Å². The Bertz CT molecular complexity index is 768. The van der Waals surface area contributed by atoms with E-state index in [1.807, 2.05) is 12.1 Å². The summed E-state index contributed by atoms with van der Waals surface area (Å²) in [5.41, 5.74) is 2.26. The predicted molar refractivity (Wildman–Crippen MR) is 90.8 cm³/mol. The Morgan fingerprint density at radius 2 is 1.50 bits per heavy atom. The maximum atomic E-state index is 11.3. The Balaban J connectivity index is 2.00. The van der Waals surface area contributed by atoms with E-state index in [0.717, 1.165) is 11.1 Å². The zero-order valence-corrected chi connectivity index (χ0v) is 13.5. The fourth-order valence-electron chi connectivity index (χ4n) is 1.84. The van der Waals surface area contributed by atoms with Crippen LogP contribution in [0.3, 0.4) is 0 Å². The number of rotatable bonds is 3. The topological polar surface area (TPSA) is 64.6 Å². The average Bonchev–Trinajstić information content (AvgIpc) is 2.55. The first kappa shape index (κ1) is 17.1. The lowest BCUT2D eigenvalue weighted by atomic mass is 10.1. The Hall–Kier alpha value is -3.26. The van der Waals surface area contributed by atoms with Crippen molar-refractivity contribution in [3.05, 3.63) is 59.7 Å². The molecule has 5 heteroatoms. The van der Waals surface area contributed by atoms with E-state index in [2.05, 4.69) is 17.2 Å². The van der Waals surface area contributed by atoms with Crippen molar-refractivity contribution in [2.24, 2.45) is 0 Å². The molecule has 0 aromatic heterocycles. The van der Waals surface area contributed by atoms with Gasteiger partial charge >= 0.3 is 12.1 Å². The van der Waals surface area contributed by atoms with Gasteiger partial charge in [-0.05, 0) is 55.5 Å².